The molecule has 0 aromatic heterocycles. The van der Waals surface area contributed by atoms with Crippen LogP contribution in [0, 0.1) is 17.2 Å². The van der Waals surface area contributed by atoms with Crippen molar-refractivity contribution in [3.63, 3.8) is 0 Å². The minimum atomic E-state index is -0.0238. The Labute approximate surface area is 117 Å². The van der Waals surface area contributed by atoms with Crippen LogP contribution in [0.1, 0.15) is 31.1 Å². The maximum Gasteiger partial charge on any atom is 0.159 e. The largest absolute Gasteiger partial charge is 0.370 e. The first-order valence-corrected chi connectivity index (χ1v) is 6.74. The zero-order valence-corrected chi connectivity index (χ0v) is 12.5. The van der Waals surface area contributed by atoms with E-state index < -0.39 is 0 Å². The van der Waals surface area contributed by atoms with Gasteiger partial charge in [0.05, 0.1) is 17.7 Å². The fourth-order valence-electron chi connectivity index (χ4n) is 1.75. The number of rotatable bonds is 5. The van der Waals surface area contributed by atoms with E-state index >= 15 is 0 Å². The van der Waals surface area contributed by atoms with Crippen molar-refractivity contribution in [3.8, 4) is 6.07 Å². The molecule has 0 N–H and O–H groups in total. The maximum absolute atomic E-state index is 11.3. The summed E-state index contributed by atoms with van der Waals surface area (Å²) in [5.74, 6) is 0.0278. The highest BCUT2D eigenvalue weighted by Crippen LogP contribution is 2.28. The number of halogens is 1. The van der Waals surface area contributed by atoms with Gasteiger partial charge in [-0.2, -0.15) is 5.26 Å². The van der Waals surface area contributed by atoms with Crippen LogP contribution >= 0.6 is 15.9 Å². The van der Waals surface area contributed by atoms with Gasteiger partial charge in [0.1, 0.15) is 0 Å². The maximum atomic E-state index is 11.3. The summed E-state index contributed by atoms with van der Waals surface area (Å²) in [5, 5.41) is 8.88. The summed E-state index contributed by atoms with van der Waals surface area (Å²) >= 11 is 3.49. The average Bonchev–Trinajstić information content (AvgIpc) is 2.35. The Morgan fingerprint density at radius 2 is 2.22 bits per heavy atom. The van der Waals surface area contributed by atoms with Gasteiger partial charge in [0.25, 0.3) is 0 Å². The predicted molar refractivity (Wildman–Crippen MR) is 76.8 cm³/mol. The van der Waals surface area contributed by atoms with E-state index in [1.165, 1.54) is 0 Å². The minimum absolute atomic E-state index is 0.0238. The lowest BCUT2D eigenvalue weighted by Gasteiger charge is -2.25. The zero-order chi connectivity index (χ0) is 13.7. The van der Waals surface area contributed by atoms with Gasteiger partial charge in [-0.05, 0) is 54.9 Å². The summed E-state index contributed by atoms with van der Waals surface area (Å²) in [5.41, 5.74) is 1.71. The molecule has 0 aliphatic heterocycles. The highest BCUT2D eigenvalue weighted by atomic mass is 79.9. The lowest BCUT2D eigenvalue weighted by Crippen LogP contribution is -2.28. The van der Waals surface area contributed by atoms with Crippen molar-refractivity contribution in [2.45, 2.75) is 20.8 Å². The normalized spacial score (nSPS) is 11.7. The quantitative estimate of drug-likeness (QED) is 0.780. The monoisotopic (exact) mass is 308 g/mol. The summed E-state index contributed by atoms with van der Waals surface area (Å²) in [6.45, 7) is 7.02. The van der Waals surface area contributed by atoms with Crippen molar-refractivity contribution in [1.29, 1.82) is 5.26 Å². The number of nitriles is 1. The number of nitrogens with zero attached hydrogens (tertiary/aromatic N) is 2. The molecule has 1 aromatic carbocycles. The summed E-state index contributed by atoms with van der Waals surface area (Å²) in [4.78, 5) is 13.4. The van der Waals surface area contributed by atoms with Gasteiger partial charge in [-0.3, -0.25) is 4.79 Å². The van der Waals surface area contributed by atoms with Crippen molar-refractivity contribution in [3.05, 3.63) is 28.2 Å². The van der Waals surface area contributed by atoms with Gasteiger partial charge in [-0.25, -0.2) is 0 Å². The second-order valence-electron chi connectivity index (χ2n) is 4.29. The molecule has 0 fully saturated rings. The van der Waals surface area contributed by atoms with E-state index in [9.17, 15) is 4.79 Å². The molecular formula is C14H17BrN2O. The molecule has 0 saturated heterocycles. The van der Waals surface area contributed by atoms with Gasteiger partial charge in [0.15, 0.2) is 5.78 Å². The molecule has 0 aliphatic rings. The topological polar surface area (TPSA) is 44.1 Å². The summed E-state index contributed by atoms with van der Waals surface area (Å²) < 4.78 is 0.891. The lowest BCUT2D eigenvalue weighted by atomic mass is 10.1. The van der Waals surface area contributed by atoms with Crippen molar-refractivity contribution < 1.29 is 4.79 Å². The molecule has 0 saturated carbocycles. The zero-order valence-electron chi connectivity index (χ0n) is 10.9. The first kappa shape index (κ1) is 14.7. The van der Waals surface area contributed by atoms with Crippen LogP contribution in [0.25, 0.3) is 0 Å². The van der Waals surface area contributed by atoms with E-state index in [0.29, 0.717) is 12.1 Å². The number of hydrogen-bond acceptors (Lipinski definition) is 3. The highest BCUT2D eigenvalue weighted by molar-refractivity contribution is 9.10. The second kappa shape index (κ2) is 6.55. The minimum Gasteiger partial charge on any atom is -0.370 e. The van der Waals surface area contributed by atoms with Crippen molar-refractivity contribution in [1.82, 2.24) is 0 Å². The van der Waals surface area contributed by atoms with E-state index in [1.807, 2.05) is 25.1 Å². The number of benzene rings is 1. The fraction of sp³-hybridized carbons (Fsp3) is 0.429. The van der Waals surface area contributed by atoms with Crippen LogP contribution in [0.2, 0.25) is 0 Å². The van der Waals surface area contributed by atoms with Crippen LogP contribution in [-0.4, -0.2) is 18.9 Å². The van der Waals surface area contributed by atoms with E-state index in [2.05, 4.69) is 33.8 Å². The molecule has 4 heteroatoms. The van der Waals surface area contributed by atoms with Crippen LogP contribution in [0.15, 0.2) is 22.7 Å². The van der Waals surface area contributed by atoms with Gasteiger partial charge in [0.2, 0.25) is 0 Å². The van der Waals surface area contributed by atoms with E-state index in [0.717, 1.165) is 16.7 Å². The third-order valence-corrected chi connectivity index (χ3v) is 3.43. The molecule has 1 atom stereocenters. The van der Waals surface area contributed by atoms with Crippen molar-refractivity contribution >= 4 is 27.4 Å². The molecule has 0 spiro atoms. The number of anilines is 1. The number of Topliss-reactive ketones (excluding diaryl/α,β-unsaturated/α-hetero) is 1. The molecule has 3 nitrogen and oxygen atoms in total. The first-order chi connectivity index (χ1) is 8.49. The molecule has 1 rings (SSSR count). The molecule has 0 bridgehead atoms. The van der Waals surface area contributed by atoms with E-state index in [-0.39, 0.29) is 11.7 Å². The summed E-state index contributed by atoms with van der Waals surface area (Å²) in [6, 6.07) is 7.81. The number of carbonyl (C=O) groups excluding carboxylic acids is 1. The molecule has 0 amide bonds. The Bertz CT molecular complexity index is 479. The van der Waals surface area contributed by atoms with Crippen LogP contribution < -0.4 is 4.90 Å². The molecule has 0 radical (unpaired) electrons. The number of carbonyl (C=O) groups is 1. The van der Waals surface area contributed by atoms with Gasteiger partial charge in [0, 0.05) is 23.1 Å². The Kier molecular flexibility index (Phi) is 5.36. The van der Waals surface area contributed by atoms with E-state index in [4.69, 9.17) is 5.26 Å². The molecule has 18 heavy (non-hydrogen) atoms. The van der Waals surface area contributed by atoms with Crippen LogP contribution in [0.4, 0.5) is 5.69 Å². The molecule has 0 heterocycles. The fourth-order valence-corrected chi connectivity index (χ4v) is 2.38. The smallest absolute Gasteiger partial charge is 0.159 e. The third-order valence-electron chi connectivity index (χ3n) is 2.79. The Balaban J connectivity index is 3.00. The average molecular weight is 309 g/mol. The highest BCUT2D eigenvalue weighted by Gasteiger charge is 2.13. The molecular weight excluding hydrogens is 292 g/mol. The Morgan fingerprint density at radius 1 is 1.56 bits per heavy atom. The first-order valence-electron chi connectivity index (χ1n) is 5.94. The summed E-state index contributed by atoms with van der Waals surface area (Å²) in [6.07, 6.45) is 0. The summed E-state index contributed by atoms with van der Waals surface area (Å²) in [7, 11) is 0. The van der Waals surface area contributed by atoms with E-state index in [1.54, 1.807) is 6.92 Å². The molecule has 96 valence electrons. The van der Waals surface area contributed by atoms with Crippen molar-refractivity contribution in [2.75, 3.05) is 18.0 Å². The second-order valence-corrected chi connectivity index (χ2v) is 5.15. The van der Waals surface area contributed by atoms with Gasteiger partial charge >= 0.3 is 0 Å². The molecule has 1 aromatic rings. The number of hydrogen-bond donors (Lipinski definition) is 0. The number of ketones is 1. The van der Waals surface area contributed by atoms with Crippen LogP contribution in [0.5, 0.6) is 0 Å². The predicted octanol–water partition coefficient (Wildman–Crippen LogP) is 3.64. The Morgan fingerprint density at radius 3 is 2.67 bits per heavy atom. The molecule has 0 aliphatic carbocycles. The third kappa shape index (κ3) is 3.58. The van der Waals surface area contributed by atoms with Gasteiger partial charge in [-0.15, -0.1) is 0 Å². The lowest BCUT2D eigenvalue weighted by molar-refractivity contribution is 0.101. The SMILES string of the molecule is CCN(CC(C)C#N)c1ccc(C(C)=O)cc1Br. The molecule has 1 unspecified atom stereocenters. The van der Waals surface area contributed by atoms with Gasteiger partial charge < -0.3 is 4.90 Å². The van der Waals surface area contributed by atoms with Crippen molar-refractivity contribution in [2.24, 2.45) is 5.92 Å². The Hall–Kier alpha value is -1.34. The standard InChI is InChI=1S/C14H17BrN2O/c1-4-17(9-10(2)8-16)14-6-5-12(11(3)18)7-13(14)15/h5-7,10H,4,9H2,1-3H3. The van der Waals surface area contributed by atoms with Crippen LogP contribution in [0.3, 0.4) is 0 Å². The van der Waals surface area contributed by atoms with Gasteiger partial charge in [-0.1, -0.05) is 0 Å². The van der Waals surface area contributed by atoms with Crippen LogP contribution in [-0.2, 0) is 0 Å².